The summed E-state index contributed by atoms with van der Waals surface area (Å²) in [5.41, 5.74) is 2.41. The Bertz CT molecular complexity index is 863. The fraction of sp³-hybridized carbons (Fsp3) is 0.200. The number of aliphatic hydroxyl groups excluding tert-OH is 1. The molecule has 2 amide bonds. The van der Waals surface area contributed by atoms with E-state index >= 15 is 0 Å². The van der Waals surface area contributed by atoms with Gasteiger partial charge in [-0.05, 0) is 41.5 Å². The summed E-state index contributed by atoms with van der Waals surface area (Å²) in [7, 11) is 1.58. The number of carbonyl (C=O) groups excluding carboxylic acids is 1. The van der Waals surface area contributed by atoms with Crippen LogP contribution in [0, 0.1) is 0 Å². The quantitative estimate of drug-likeness (QED) is 0.600. The van der Waals surface area contributed by atoms with Crippen molar-refractivity contribution in [1.82, 2.24) is 15.1 Å². The second-order valence-corrected chi connectivity index (χ2v) is 6.03. The number of benzene rings is 2. The number of methoxy groups -OCH3 is 1. The van der Waals surface area contributed by atoms with Gasteiger partial charge in [-0.15, -0.1) is 0 Å². The Balaban J connectivity index is 1.51. The van der Waals surface area contributed by atoms with Gasteiger partial charge < -0.3 is 20.5 Å². The van der Waals surface area contributed by atoms with Gasteiger partial charge in [0.1, 0.15) is 5.75 Å². The summed E-state index contributed by atoms with van der Waals surface area (Å²) in [6, 6.07) is 16.1. The first-order valence-electron chi connectivity index (χ1n) is 8.57. The van der Waals surface area contributed by atoms with Crippen LogP contribution in [0.5, 0.6) is 5.75 Å². The van der Waals surface area contributed by atoms with E-state index in [1.165, 1.54) is 0 Å². The van der Waals surface area contributed by atoms with Crippen molar-refractivity contribution in [3.63, 3.8) is 0 Å². The molecule has 0 fully saturated rings. The van der Waals surface area contributed by atoms with Gasteiger partial charge in [0.05, 0.1) is 19.8 Å². The fourth-order valence-corrected chi connectivity index (χ4v) is 2.64. The second-order valence-electron chi connectivity index (χ2n) is 6.03. The lowest BCUT2D eigenvalue weighted by atomic mass is 10.1. The largest absolute Gasteiger partial charge is 0.497 e. The standard InChI is InChI=1S/C20H22N4O3/c1-27-18-8-6-16(7-9-18)19(25)13-21-20(26)23-17-5-2-4-15(12-17)14-24-11-3-10-22-24/h2-12,19,25H,13-14H2,1H3,(H2,21,23,26). The summed E-state index contributed by atoms with van der Waals surface area (Å²) in [6.45, 7) is 0.728. The molecule has 0 saturated heterocycles. The Kier molecular flexibility index (Phi) is 6.06. The molecule has 0 aliphatic heterocycles. The van der Waals surface area contributed by atoms with Gasteiger partial charge in [0, 0.05) is 24.6 Å². The minimum atomic E-state index is -0.798. The highest BCUT2D eigenvalue weighted by molar-refractivity contribution is 5.89. The number of anilines is 1. The van der Waals surface area contributed by atoms with Gasteiger partial charge in [-0.1, -0.05) is 24.3 Å². The van der Waals surface area contributed by atoms with Crippen molar-refractivity contribution >= 4 is 11.7 Å². The van der Waals surface area contributed by atoms with Gasteiger partial charge in [-0.3, -0.25) is 4.68 Å². The van der Waals surface area contributed by atoms with Crippen molar-refractivity contribution in [3.05, 3.63) is 78.1 Å². The molecule has 140 valence electrons. The number of nitrogens with one attached hydrogen (secondary N) is 2. The van der Waals surface area contributed by atoms with Crippen LogP contribution in [0.4, 0.5) is 10.5 Å². The first-order chi connectivity index (χ1) is 13.1. The third-order valence-electron chi connectivity index (χ3n) is 4.05. The summed E-state index contributed by atoms with van der Waals surface area (Å²) in [6.07, 6.45) is 2.81. The van der Waals surface area contributed by atoms with Gasteiger partial charge in [0.15, 0.2) is 0 Å². The molecule has 1 atom stereocenters. The van der Waals surface area contributed by atoms with Crippen LogP contribution in [0.25, 0.3) is 0 Å². The molecule has 2 aromatic carbocycles. The van der Waals surface area contributed by atoms with E-state index in [0.717, 1.165) is 5.56 Å². The van der Waals surface area contributed by atoms with E-state index in [1.807, 2.05) is 41.2 Å². The number of aliphatic hydroxyl groups is 1. The molecule has 7 nitrogen and oxygen atoms in total. The zero-order valence-electron chi connectivity index (χ0n) is 15.0. The highest BCUT2D eigenvalue weighted by Crippen LogP contribution is 2.17. The smallest absolute Gasteiger partial charge is 0.319 e. The van der Waals surface area contributed by atoms with Crippen molar-refractivity contribution in [3.8, 4) is 5.75 Å². The molecule has 0 bridgehead atoms. The summed E-state index contributed by atoms with van der Waals surface area (Å²) < 4.78 is 6.90. The fourth-order valence-electron chi connectivity index (χ4n) is 2.64. The van der Waals surface area contributed by atoms with E-state index in [1.54, 1.807) is 37.6 Å². The maximum Gasteiger partial charge on any atom is 0.319 e. The van der Waals surface area contributed by atoms with Crippen LogP contribution in [0.1, 0.15) is 17.2 Å². The Labute approximate surface area is 157 Å². The third-order valence-corrected chi connectivity index (χ3v) is 4.05. The number of amides is 2. The van der Waals surface area contributed by atoms with Crippen molar-refractivity contribution in [1.29, 1.82) is 0 Å². The molecule has 3 aromatic rings. The molecule has 1 aromatic heterocycles. The topological polar surface area (TPSA) is 88.4 Å². The molecule has 0 spiro atoms. The van der Waals surface area contributed by atoms with E-state index in [4.69, 9.17) is 4.74 Å². The Morgan fingerprint density at radius 1 is 1.22 bits per heavy atom. The number of carbonyl (C=O) groups is 1. The first-order valence-corrected chi connectivity index (χ1v) is 8.57. The normalized spacial score (nSPS) is 11.6. The van der Waals surface area contributed by atoms with Gasteiger partial charge in [0.25, 0.3) is 0 Å². The minimum absolute atomic E-state index is 0.102. The number of nitrogens with zero attached hydrogens (tertiary/aromatic N) is 2. The highest BCUT2D eigenvalue weighted by atomic mass is 16.5. The van der Waals surface area contributed by atoms with Crippen LogP contribution in [0.15, 0.2) is 67.0 Å². The summed E-state index contributed by atoms with van der Waals surface area (Å²) in [4.78, 5) is 12.1. The molecule has 1 heterocycles. The maximum atomic E-state index is 12.1. The van der Waals surface area contributed by atoms with Crippen LogP contribution in [0.3, 0.4) is 0 Å². The number of hydrogen-bond donors (Lipinski definition) is 3. The monoisotopic (exact) mass is 366 g/mol. The average Bonchev–Trinajstić information content (AvgIpc) is 3.19. The van der Waals surface area contributed by atoms with Gasteiger partial charge >= 0.3 is 6.03 Å². The Morgan fingerprint density at radius 3 is 2.74 bits per heavy atom. The average molecular weight is 366 g/mol. The first kappa shape index (κ1) is 18.5. The molecular formula is C20H22N4O3. The lowest BCUT2D eigenvalue weighted by molar-refractivity contribution is 0.175. The number of hydrogen-bond acceptors (Lipinski definition) is 4. The minimum Gasteiger partial charge on any atom is -0.497 e. The van der Waals surface area contributed by atoms with Crippen molar-refractivity contribution in [2.75, 3.05) is 19.0 Å². The maximum absolute atomic E-state index is 12.1. The lowest BCUT2D eigenvalue weighted by Gasteiger charge is -2.14. The van der Waals surface area contributed by atoms with Crippen LogP contribution >= 0.6 is 0 Å². The van der Waals surface area contributed by atoms with Crippen molar-refractivity contribution in [2.45, 2.75) is 12.6 Å². The number of urea groups is 1. The van der Waals surface area contributed by atoms with Crippen molar-refractivity contribution in [2.24, 2.45) is 0 Å². The predicted molar refractivity (Wildman–Crippen MR) is 103 cm³/mol. The predicted octanol–water partition coefficient (Wildman–Crippen LogP) is 2.80. The number of aromatic nitrogens is 2. The molecule has 0 saturated carbocycles. The molecule has 1 unspecified atom stereocenters. The zero-order valence-corrected chi connectivity index (χ0v) is 15.0. The van der Waals surface area contributed by atoms with E-state index in [-0.39, 0.29) is 12.6 Å². The number of ether oxygens (including phenoxy) is 1. The molecule has 3 rings (SSSR count). The number of rotatable bonds is 7. The SMILES string of the molecule is COc1ccc(C(O)CNC(=O)Nc2cccc(Cn3cccn3)c2)cc1. The van der Waals surface area contributed by atoms with Gasteiger partial charge in [-0.25, -0.2) is 4.79 Å². The zero-order chi connectivity index (χ0) is 19.1. The second kappa shape index (κ2) is 8.86. The van der Waals surface area contributed by atoms with Gasteiger partial charge in [0.2, 0.25) is 0 Å². The summed E-state index contributed by atoms with van der Waals surface area (Å²) in [5, 5.41) is 19.8. The van der Waals surface area contributed by atoms with E-state index in [9.17, 15) is 9.90 Å². The molecule has 0 aliphatic rings. The molecule has 7 heteroatoms. The summed E-state index contributed by atoms with van der Waals surface area (Å²) in [5.74, 6) is 0.714. The van der Waals surface area contributed by atoms with Crippen LogP contribution < -0.4 is 15.4 Å². The molecular weight excluding hydrogens is 344 g/mol. The third kappa shape index (κ3) is 5.32. The Morgan fingerprint density at radius 2 is 2.04 bits per heavy atom. The highest BCUT2D eigenvalue weighted by Gasteiger charge is 2.10. The van der Waals surface area contributed by atoms with E-state index < -0.39 is 6.10 Å². The van der Waals surface area contributed by atoms with E-state index in [0.29, 0.717) is 23.5 Å². The van der Waals surface area contributed by atoms with Crippen LogP contribution in [0.2, 0.25) is 0 Å². The van der Waals surface area contributed by atoms with Crippen LogP contribution in [-0.4, -0.2) is 34.6 Å². The van der Waals surface area contributed by atoms with Crippen molar-refractivity contribution < 1.29 is 14.6 Å². The van der Waals surface area contributed by atoms with Gasteiger partial charge in [-0.2, -0.15) is 5.10 Å². The molecule has 3 N–H and O–H groups in total. The molecule has 27 heavy (non-hydrogen) atoms. The van der Waals surface area contributed by atoms with Crippen LogP contribution in [-0.2, 0) is 6.54 Å². The Hall–Kier alpha value is -3.32. The van der Waals surface area contributed by atoms with E-state index in [2.05, 4.69) is 15.7 Å². The molecule has 0 aliphatic carbocycles. The summed E-state index contributed by atoms with van der Waals surface area (Å²) >= 11 is 0. The molecule has 0 radical (unpaired) electrons. The lowest BCUT2D eigenvalue weighted by Crippen LogP contribution is -2.32.